The van der Waals surface area contributed by atoms with Gasteiger partial charge in [-0.05, 0) is 61.7 Å². The molecule has 24 heavy (non-hydrogen) atoms. The Morgan fingerprint density at radius 2 is 1.38 bits per heavy atom. The second kappa shape index (κ2) is 6.39. The van der Waals surface area contributed by atoms with Gasteiger partial charge in [-0.15, -0.1) is 0 Å². The maximum Gasteiger partial charge on any atom is 0.261 e. The van der Waals surface area contributed by atoms with E-state index in [0.717, 1.165) is 19.0 Å². The van der Waals surface area contributed by atoms with Gasteiger partial charge in [0.05, 0.1) is 11.1 Å². The highest BCUT2D eigenvalue weighted by atomic mass is 79.9. The molecule has 0 saturated heterocycles. The molecule has 0 fully saturated rings. The van der Waals surface area contributed by atoms with Crippen LogP contribution in [0.3, 0.4) is 0 Å². The molecule has 3 rings (SSSR count). The number of fused-ring (bicyclic) bond motifs is 1. The monoisotopic (exact) mass is 513 g/mol. The fraction of sp³-hybridized carbons (Fsp3) is 0.222. The third-order valence-corrected chi connectivity index (χ3v) is 6.67. The molecule has 0 aliphatic carbocycles. The first kappa shape index (κ1) is 17.8. The van der Waals surface area contributed by atoms with Gasteiger partial charge >= 0.3 is 0 Å². The second-order valence-corrected chi connectivity index (χ2v) is 8.94. The van der Waals surface area contributed by atoms with Gasteiger partial charge in [-0.1, -0.05) is 41.9 Å². The Morgan fingerprint density at radius 3 is 1.92 bits per heavy atom. The molecule has 2 aromatic rings. The lowest BCUT2D eigenvalue weighted by molar-refractivity contribution is 0.0623. The highest BCUT2D eigenvalue weighted by Gasteiger charge is 2.39. The number of hydrogen-bond acceptors (Lipinski definition) is 2. The van der Waals surface area contributed by atoms with Crippen molar-refractivity contribution in [3.05, 3.63) is 66.5 Å². The van der Waals surface area contributed by atoms with Crippen molar-refractivity contribution in [2.75, 3.05) is 6.54 Å². The summed E-state index contributed by atoms with van der Waals surface area (Å²) in [5.74, 6) is -0.452. The molecule has 0 bridgehead atoms. The van der Waals surface area contributed by atoms with Gasteiger partial charge in [0.1, 0.15) is 0 Å². The number of nitrogens with zero attached hydrogens (tertiary/aromatic N) is 1. The number of halogens is 3. The summed E-state index contributed by atoms with van der Waals surface area (Å²) in [6, 6.07) is 10.9. The third kappa shape index (κ3) is 3.00. The van der Waals surface area contributed by atoms with E-state index < -0.39 is 5.41 Å². The van der Waals surface area contributed by atoms with Gasteiger partial charge in [-0.2, -0.15) is 0 Å². The molecule has 0 spiro atoms. The molecule has 124 valence electrons. The number of imide groups is 1. The van der Waals surface area contributed by atoms with Crippen LogP contribution in [0, 0.1) is 0 Å². The van der Waals surface area contributed by atoms with Crippen LogP contribution in [0.5, 0.6) is 0 Å². The van der Waals surface area contributed by atoms with Crippen LogP contribution in [-0.4, -0.2) is 23.3 Å². The van der Waals surface area contributed by atoms with Crippen LogP contribution in [-0.2, 0) is 5.41 Å². The highest BCUT2D eigenvalue weighted by molar-refractivity contribution is 9.13. The Morgan fingerprint density at radius 1 is 0.875 bits per heavy atom. The number of rotatable bonds is 3. The van der Waals surface area contributed by atoms with Crippen LogP contribution in [0.25, 0.3) is 0 Å². The number of hydrogen-bond donors (Lipinski definition) is 0. The lowest BCUT2D eigenvalue weighted by Crippen LogP contribution is -2.40. The zero-order valence-corrected chi connectivity index (χ0v) is 17.8. The van der Waals surface area contributed by atoms with Crippen molar-refractivity contribution in [3.8, 4) is 0 Å². The summed E-state index contributed by atoms with van der Waals surface area (Å²) in [6.07, 6.45) is 0. The van der Waals surface area contributed by atoms with E-state index in [0.29, 0.717) is 17.7 Å². The summed E-state index contributed by atoms with van der Waals surface area (Å²) in [7, 11) is 0. The maximum absolute atomic E-state index is 12.6. The van der Waals surface area contributed by atoms with Gasteiger partial charge in [-0.25, -0.2) is 0 Å². The normalized spacial score (nSPS) is 14.3. The zero-order chi connectivity index (χ0) is 17.6. The molecule has 0 radical (unpaired) electrons. The van der Waals surface area contributed by atoms with Gasteiger partial charge in [0, 0.05) is 25.4 Å². The minimum atomic E-state index is -0.407. The van der Waals surface area contributed by atoms with Crippen LogP contribution in [0.1, 0.15) is 40.1 Å². The van der Waals surface area contributed by atoms with Crippen molar-refractivity contribution in [3.63, 3.8) is 0 Å². The van der Waals surface area contributed by atoms with Gasteiger partial charge < -0.3 is 0 Å². The van der Waals surface area contributed by atoms with Crippen LogP contribution >= 0.6 is 47.8 Å². The largest absolute Gasteiger partial charge is 0.273 e. The molecule has 0 N–H and O–H groups in total. The van der Waals surface area contributed by atoms with Crippen molar-refractivity contribution in [2.45, 2.75) is 19.3 Å². The van der Waals surface area contributed by atoms with E-state index in [1.807, 2.05) is 26.0 Å². The molecule has 6 heteroatoms. The molecule has 0 atom stereocenters. The predicted molar refractivity (Wildman–Crippen MR) is 104 cm³/mol. The summed E-state index contributed by atoms with van der Waals surface area (Å²) >= 11 is 10.6. The Balaban J connectivity index is 1.95. The lowest BCUT2D eigenvalue weighted by Gasteiger charge is -2.31. The third-order valence-electron chi connectivity index (χ3n) is 4.17. The van der Waals surface area contributed by atoms with Crippen molar-refractivity contribution in [1.82, 2.24) is 4.90 Å². The zero-order valence-electron chi connectivity index (χ0n) is 13.1. The van der Waals surface area contributed by atoms with Gasteiger partial charge in [0.15, 0.2) is 0 Å². The first-order chi connectivity index (χ1) is 11.2. The quantitative estimate of drug-likeness (QED) is 0.397. The first-order valence-electron chi connectivity index (χ1n) is 7.32. The van der Waals surface area contributed by atoms with Crippen molar-refractivity contribution in [1.29, 1.82) is 0 Å². The summed E-state index contributed by atoms with van der Waals surface area (Å²) < 4.78 is 2.80. The minimum absolute atomic E-state index is 0.226. The van der Waals surface area contributed by atoms with Gasteiger partial charge in [0.25, 0.3) is 11.8 Å². The molecule has 0 unspecified atom stereocenters. The topological polar surface area (TPSA) is 37.4 Å². The average Bonchev–Trinajstić information content (AvgIpc) is 2.76. The van der Waals surface area contributed by atoms with Crippen LogP contribution < -0.4 is 0 Å². The molecule has 2 amide bonds. The molecule has 0 aromatic heterocycles. The number of carbonyl (C=O) groups excluding carboxylic acids is 2. The molecule has 1 heterocycles. The maximum atomic E-state index is 12.6. The Kier molecular flexibility index (Phi) is 4.75. The molecular weight excluding hydrogens is 502 g/mol. The minimum Gasteiger partial charge on any atom is -0.273 e. The number of carbonyl (C=O) groups is 2. The molecular formula is C18H14Br3NO2. The standard InChI is InChI=1S/C18H14Br3NO2/c1-18(2,12-7-14(20)15(21)8-13(12)19)9-22-16(23)10-5-3-4-6-11(10)17(22)24/h3-8H,9H2,1-2H3. The first-order valence-corrected chi connectivity index (χ1v) is 9.70. The lowest BCUT2D eigenvalue weighted by atomic mass is 9.84. The SMILES string of the molecule is CC(C)(CN1C(=O)c2ccccc2C1=O)c1cc(Br)c(Br)cc1Br. The second-order valence-electron chi connectivity index (χ2n) is 6.37. The highest BCUT2D eigenvalue weighted by Crippen LogP contribution is 2.38. The number of amides is 2. The summed E-state index contributed by atoms with van der Waals surface area (Å²) in [5.41, 5.74) is 1.58. The molecule has 2 aromatic carbocycles. The fourth-order valence-electron chi connectivity index (χ4n) is 2.90. The van der Waals surface area contributed by atoms with Gasteiger partial charge in [0.2, 0.25) is 0 Å². The van der Waals surface area contributed by atoms with E-state index in [1.165, 1.54) is 4.90 Å². The Hall–Kier alpha value is -0.980. The Labute approximate surface area is 165 Å². The van der Waals surface area contributed by atoms with Crippen LogP contribution in [0.2, 0.25) is 0 Å². The molecule has 1 aliphatic rings. The summed E-state index contributed by atoms with van der Waals surface area (Å²) in [4.78, 5) is 26.5. The van der Waals surface area contributed by atoms with E-state index in [1.54, 1.807) is 24.3 Å². The molecule has 1 aliphatic heterocycles. The van der Waals surface area contributed by atoms with Crippen molar-refractivity contribution in [2.24, 2.45) is 0 Å². The molecule has 0 saturated carbocycles. The number of benzene rings is 2. The fourth-order valence-corrected chi connectivity index (χ4v) is 4.78. The van der Waals surface area contributed by atoms with E-state index >= 15 is 0 Å². The van der Waals surface area contributed by atoms with E-state index in [-0.39, 0.29) is 11.8 Å². The summed E-state index contributed by atoms with van der Waals surface area (Å²) in [5, 5.41) is 0. The Bertz CT molecular complexity index is 826. The van der Waals surface area contributed by atoms with Crippen LogP contribution in [0.4, 0.5) is 0 Å². The summed E-state index contributed by atoms with van der Waals surface area (Å²) in [6.45, 7) is 4.36. The van der Waals surface area contributed by atoms with Crippen LogP contribution in [0.15, 0.2) is 49.8 Å². The smallest absolute Gasteiger partial charge is 0.261 e. The van der Waals surface area contributed by atoms with E-state index in [4.69, 9.17) is 0 Å². The molecule has 3 nitrogen and oxygen atoms in total. The van der Waals surface area contributed by atoms with Crippen molar-refractivity contribution < 1.29 is 9.59 Å². The predicted octanol–water partition coefficient (Wildman–Crippen LogP) is 5.55. The average molecular weight is 516 g/mol. The van der Waals surface area contributed by atoms with Crippen molar-refractivity contribution >= 4 is 59.6 Å². The van der Waals surface area contributed by atoms with E-state index in [9.17, 15) is 9.59 Å². The van der Waals surface area contributed by atoms with Gasteiger partial charge in [-0.3, -0.25) is 14.5 Å². The van der Waals surface area contributed by atoms with E-state index in [2.05, 4.69) is 47.8 Å².